The molecule has 0 spiro atoms. The SMILES string of the molecule is OC(Cc1ccc(Cl)cc1)c1ccncc1Cl. The van der Waals surface area contributed by atoms with Crippen molar-refractivity contribution in [2.75, 3.05) is 0 Å². The first kappa shape index (κ1) is 12.4. The van der Waals surface area contributed by atoms with Crippen LogP contribution in [0.25, 0.3) is 0 Å². The second-order valence-electron chi connectivity index (χ2n) is 3.74. The number of halogens is 2. The van der Waals surface area contributed by atoms with E-state index in [1.165, 1.54) is 6.20 Å². The molecule has 88 valence electrons. The predicted octanol–water partition coefficient (Wildman–Crippen LogP) is 3.66. The standard InChI is InChI=1S/C13H11Cl2NO/c14-10-3-1-9(2-4-10)7-13(17)11-5-6-16-8-12(11)15/h1-6,8,13,17H,7H2. The smallest absolute Gasteiger partial charge is 0.0845 e. The van der Waals surface area contributed by atoms with E-state index in [4.69, 9.17) is 23.2 Å². The molecule has 0 amide bonds. The van der Waals surface area contributed by atoms with E-state index in [0.717, 1.165) is 5.56 Å². The van der Waals surface area contributed by atoms with E-state index >= 15 is 0 Å². The van der Waals surface area contributed by atoms with Crippen LogP contribution in [0.4, 0.5) is 0 Å². The van der Waals surface area contributed by atoms with Crippen LogP contribution in [0, 0.1) is 0 Å². The highest BCUT2D eigenvalue weighted by Crippen LogP contribution is 2.25. The number of aliphatic hydroxyl groups is 1. The molecule has 0 fully saturated rings. The van der Waals surface area contributed by atoms with Gasteiger partial charge in [-0.2, -0.15) is 0 Å². The number of aromatic nitrogens is 1. The van der Waals surface area contributed by atoms with Crippen molar-refractivity contribution >= 4 is 23.2 Å². The number of benzene rings is 1. The maximum Gasteiger partial charge on any atom is 0.0845 e. The lowest BCUT2D eigenvalue weighted by Crippen LogP contribution is -2.02. The molecule has 1 atom stereocenters. The summed E-state index contributed by atoms with van der Waals surface area (Å²) in [7, 11) is 0. The lowest BCUT2D eigenvalue weighted by molar-refractivity contribution is 0.178. The number of rotatable bonds is 3. The zero-order chi connectivity index (χ0) is 12.3. The minimum Gasteiger partial charge on any atom is -0.388 e. The van der Waals surface area contributed by atoms with Gasteiger partial charge in [-0.05, 0) is 23.8 Å². The number of pyridine rings is 1. The van der Waals surface area contributed by atoms with Gasteiger partial charge in [0.1, 0.15) is 0 Å². The van der Waals surface area contributed by atoms with Crippen molar-refractivity contribution in [3.63, 3.8) is 0 Å². The van der Waals surface area contributed by atoms with Gasteiger partial charge in [0.15, 0.2) is 0 Å². The molecule has 1 N–H and O–H groups in total. The van der Waals surface area contributed by atoms with Gasteiger partial charge in [-0.15, -0.1) is 0 Å². The van der Waals surface area contributed by atoms with Gasteiger partial charge in [0.2, 0.25) is 0 Å². The number of nitrogens with zero attached hydrogens (tertiary/aromatic N) is 1. The van der Waals surface area contributed by atoms with Crippen molar-refractivity contribution in [2.45, 2.75) is 12.5 Å². The van der Waals surface area contributed by atoms with Crippen molar-refractivity contribution in [1.82, 2.24) is 4.98 Å². The minimum absolute atomic E-state index is 0.481. The van der Waals surface area contributed by atoms with Gasteiger partial charge in [-0.3, -0.25) is 4.98 Å². The van der Waals surface area contributed by atoms with Gasteiger partial charge >= 0.3 is 0 Å². The normalized spacial score (nSPS) is 12.4. The fraction of sp³-hybridized carbons (Fsp3) is 0.154. The lowest BCUT2D eigenvalue weighted by atomic mass is 10.0. The third-order valence-electron chi connectivity index (χ3n) is 2.51. The van der Waals surface area contributed by atoms with Gasteiger partial charge in [0.25, 0.3) is 0 Å². The molecule has 0 bridgehead atoms. The Morgan fingerprint density at radius 3 is 2.47 bits per heavy atom. The van der Waals surface area contributed by atoms with Crippen LogP contribution < -0.4 is 0 Å². The Bertz CT molecular complexity index is 499. The first-order valence-electron chi connectivity index (χ1n) is 5.19. The zero-order valence-electron chi connectivity index (χ0n) is 8.98. The molecular weight excluding hydrogens is 257 g/mol. The maximum atomic E-state index is 10.1. The van der Waals surface area contributed by atoms with Crippen LogP contribution in [0.2, 0.25) is 10.0 Å². The molecule has 2 rings (SSSR count). The monoisotopic (exact) mass is 267 g/mol. The van der Waals surface area contributed by atoms with E-state index in [1.807, 2.05) is 12.1 Å². The molecule has 0 aliphatic rings. The van der Waals surface area contributed by atoms with Crippen molar-refractivity contribution in [3.05, 3.63) is 63.9 Å². The molecular formula is C13H11Cl2NO. The summed E-state index contributed by atoms with van der Waals surface area (Å²) in [6.07, 6.45) is 3.02. The van der Waals surface area contributed by atoms with Gasteiger partial charge in [-0.1, -0.05) is 35.3 Å². The Kier molecular flexibility index (Phi) is 4.00. The minimum atomic E-state index is -0.633. The van der Waals surface area contributed by atoms with E-state index < -0.39 is 6.10 Å². The number of hydrogen-bond donors (Lipinski definition) is 1. The molecule has 1 aromatic carbocycles. The van der Waals surface area contributed by atoms with Crippen LogP contribution in [0.15, 0.2) is 42.7 Å². The van der Waals surface area contributed by atoms with Gasteiger partial charge in [0.05, 0.1) is 11.1 Å². The third-order valence-corrected chi connectivity index (χ3v) is 3.07. The molecule has 1 unspecified atom stereocenters. The van der Waals surface area contributed by atoms with Crippen LogP contribution in [0.5, 0.6) is 0 Å². The summed E-state index contributed by atoms with van der Waals surface area (Å²) >= 11 is 11.8. The van der Waals surface area contributed by atoms with Crippen LogP contribution >= 0.6 is 23.2 Å². The summed E-state index contributed by atoms with van der Waals surface area (Å²) in [6.45, 7) is 0. The van der Waals surface area contributed by atoms with E-state index in [1.54, 1.807) is 24.4 Å². The Labute approximate surface area is 110 Å². The van der Waals surface area contributed by atoms with Crippen LogP contribution in [-0.2, 0) is 6.42 Å². The van der Waals surface area contributed by atoms with Gasteiger partial charge in [0, 0.05) is 29.4 Å². The molecule has 0 aliphatic heterocycles. The quantitative estimate of drug-likeness (QED) is 0.921. The molecule has 0 aliphatic carbocycles. The summed E-state index contributed by atoms with van der Waals surface area (Å²) in [6, 6.07) is 9.11. The van der Waals surface area contributed by atoms with Crippen molar-refractivity contribution in [2.24, 2.45) is 0 Å². The lowest BCUT2D eigenvalue weighted by Gasteiger charge is -2.12. The summed E-state index contributed by atoms with van der Waals surface area (Å²) in [4.78, 5) is 3.89. The van der Waals surface area contributed by atoms with Crippen LogP contribution in [0.3, 0.4) is 0 Å². The fourth-order valence-corrected chi connectivity index (χ4v) is 1.98. The van der Waals surface area contributed by atoms with Crippen LogP contribution in [0.1, 0.15) is 17.2 Å². The fourth-order valence-electron chi connectivity index (χ4n) is 1.61. The summed E-state index contributed by atoms with van der Waals surface area (Å²) in [5.74, 6) is 0. The first-order chi connectivity index (χ1) is 8.16. The Hall–Kier alpha value is -1.09. The van der Waals surface area contributed by atoms with E-state index in [0.29, 0.717) is 22.0 Å². The molecule has 2 aromatic rings. The topological polar surface area (TPSA) is 33.1 Å². The molecule has 1 aromatic heterocycles. The molecule has 0 saturated carbocycles. The summed E-state index contributed by atoms with van der Waals surface area (Å²) in [5, 5.41) is 11.2. The second kappa shape index (κ2) is 5.50. The highest BCUT2D eigenvalue weighted by Gasteiger charge is 2.11. The third kappa shape index (κ3) is 3.19. The van der Waals surface area contributed by atoms with Crippen LogP contribution in [-0.4, -0.2) is 10.1 Å². The van der Waals surface area contributed by atoms with Crippen molar-refractivity contribution in [1.29, 1.82) is 0 Å². The van der Waals surface area contributed by atoms with Gasteiger partial charge in [-0.25, -0.2) is 0 Å². The molecule has 2 nitrogen and oxygen atoms in total. The van der Waals surface area contributed by atoms with Gasteiger partial charge < -0.3 is 5.11 Å². The highest BCUT2D eigenvalue weighted by atomic mass is 35.5. The number of aliphatic hydroxyl groups excluding tert-OH is 1. The van der Waals surface area contributed by atoms with E-state index in [9.17, 15) is 5.11 Å². The molecule has 4 heteroatoms. The molecule has 1 heterocycles. The number of hydrogen-bond acceptors (Lipinski definition) is 2. The summed E-state index contributed by atoms with van der Waals surface area (Å²) < 4.78 is 0. The van der Waals surface area contributed by atoms with E-state index in [-0.39, 0.29) is 0 Å². The molecule has 0 radical (unpaired) electrons. The van der Waals surface area contributed by atoms with Crippen molar-refractivity contribution < 1.29 is 5.11 Å². The molecule has 0 saturated heterocycles. The Balaban J connectivity index is 2.14. The largest absolute Gasteiger partial charge is 0.388 e. The maximum absolute atomic E-state index is 10.1. The predicted molar refractivity (Wildman–Crippen MR) is 69.4 cm³/mol. The summed E-state index contributed by atoms with van der Waals surface area (Å²) in [5.41, 5.74) is 1.70. The van der Waals surface area contributed by atoms with E-state index in [2.05, 4.69) is 4.98 Å². The van der Waals surface area contributed by atoms with Crippen molar-refractivity contribution in [3.8, 4) is 0 Å². The second-order valence-corrected chi connectivity index (χ2v) is 4.59. The zero-order valence-corrected chi connectivity index (χ0v) is 10.5. The highest BCUT2D eigenvalue weighted by molar-refractivity contribution is 6.31. The average Bonchev–Trinajstić information content (AvgIpc) is 2.32. The Morgan fingerprint density at radius 1 is 1.12 bits per heavy atom. The molecule has 17 heavy (non-hydrogen) atoms. The Morgan fingerprint density at radius 2 is 1.82 bits per heavy atom. The first-order valence-corrected chi connectivity index (χ1v) is 5.94. The average molecular weight is 268 g/mol.